The normalized spacial score (nSPS) is 31.2. The first-order valence-electron chi connectivity index (χ1n) is 4.32. The van der Waals surface area contributed by atoms with Gasteiger partial charge in [-0.1, -0.05) is 6.92 Å². The molecule has 0 N–H and O–H groups in total. The molecule has 0 heterocycles. The smallest absolute Gasteiger partial charge is 0.250 e. The van der Waals surface area contributed by atoms with Crippen molar-refractivity contribution in [3.8, 4) is 0 Å². The van der Waals surface area contributed by atoms with Gasteiger partial charge in [0.2, 0.25) is 12.2 Å². The van der Waals surface area contributed by atoms with Crippen molar-refractivity contribution in [2.45, 2.75) is 19.8 Å². The van der Waals surface area contributed by atoms with E-state index < -0.39 is 5.41 Å². The molecule has 1 rings (SSSR count). The first-order chi connectivity index (χ1) is 6.11. The van der Waals surface area contributed by atoms with E-state index in [4.69, 9.17) is 4.84 Å². The molecule has 0 aromatic rings. The number of carbonyl (C=O) groups is 1. The van der Waals surface area contributed by atoms with Gasteiger partial charge in [-0.3, -0.25) is 14.4 Å². The van der Waals surface area contributed by atoms with E-state index in [9.17, 15) is 9.59 Å². The second kappa shape index (κ2) is 3.46. The number of hydrogen-bond donors (Lipinski definition) is 0. The first-order valence-corrected chi connectivity index (χ1v) is 4.32. The maximum Gasteiger partial charge on any atom is 0.250 e. The van der Waals surface area contributed by atoms with Crippen LogP contribution in [-0.4, -0.2) is 31.4 Å². The summed E-state index contributed by atoms with van der Waals surface area (Å²) in [6, 6.07) is 0. The van der Waals surface area contributed by atoms with E-state index in [1.807, 2.05) is 13.2 Å². The highest BCUT2D eigenvalue weighted by Gasteiger charge is 2.58. The number of nitrogens with zero attached hydrogens (tertiary/aromatic N) is 1. The fourth-order valence-electron chi connectivity index (χ4n) is 1.51. The van der Waals surface area contributed by atoms with E-state index in [0.717, 1.165) is 0 Å². The Bertz CT molecular complexity index is 229. The molecule has 4 heteroatoms. The first kappa shape index (κ1) is 10.2. The van der Waals surface area contributed by atoms with Crippen LogP contribution in [0.5, 0.6) is 0 Å². The lowest BCUT2D eigenvalue weighted by atomic mass is 10.0. The molecule has 13 heavy (non-hydrogen) atoms. The van der Waals surface area contributed by atoms with Gasteiger partial charge in [0, 0.05) is 12.5 Å². The van der Waals surface area contributed by atoms with E-state index in [1.54, 1.807) is 7.05 Å². The summed E-state index contributed by atoms with van der Waals surface area (Å²) in [7, 11) is 2.98. The van der Waals surface area contributed by atoms with Crippen molar-refractivity contribution >= 4 is 12.2 Å². The predicted molar refractivity (Wildman–Crippen MR) is 46.3 cm³/mol. The van der Waals surface area contributed by atoms with Crippen molar-refractivity contribution in [1.82, 2.24) is 5.06 Å². The molecule has 1 amide bonds. The molecular weight excluding hydrogens is 170 g/mol. The second-order valence-electron chi connectivity index (χ2n) is 3.39. The number of carbonyl (C=O) groups excluding carboxylic acids is 2. The third-order valence-corrected chi connectivity index (χ3v) is 2.79. The van der Waals surface area contributed by atoms with Crippen LogP contribution in [0.25, 0.3) is 0 Å². The van der Waals surface area contributed by atoms with Crippen molar-refractivity contribution < 1.29 is 14.4 Å². The standard InChI is InChI=1S/C9H14NO3/c1-4-9(6-11)5-7(9)8(12)10(2)13-3/h7H,4-5H2,1-3H3. The van der Waals surface area contributed by atoms with Crippen molar-refractivity contribution in [3.63, 3.8) is 0 Å². The Kier molecular flexibility index (Phi) is 2.71. The molecular formula is C9H14NO3. The Hall–Kier alpha value is -0.900. The van der Waals surface area contributed by atoms with Crippen LogP contribution in [0.4, 0.5) is 0 Å². The highest BCUT2D eigenvalue weighted by atomic mass is 16.7. The molecule has 0 aliphatic heterocycles. The highest BCUT2D eigenvalue weighted by molar-refractivity contribution is 5.88. The Labute approximate surface area is 77.8 Å². The molecule has 0 aromatic carbocycles. The quantitative estimate of drug-likeness (QED) is 0.599. The van der Waals surface area contributed by atoms with Gasteiger partial charge in [0.1, 0.15) is 0 Å². The zero-order valence-electron chi connectivity index (χ0n) is 8.16. The number of hydrogen-bond acceptors (Lipinski definition) is 3. The predicted octanol–water partition coefficient (Wildman–Crippen LogP) is 0.532. The lowest BCUT2D eigenvalue weighted by Crippen LogP contribution is -2.29. The average Bonchev–Trinajstić information content (AvgIpc) is 2.91. The summed E-state index contributed by atoms with van der Waals surface area (Å²) in [5, 5.41) is 1.17. The third kappa shape index (κ3) is 1.58. The molecule has 1 aliphatic rings. The van der Waals surface area contributed by atoms with Crippen LogP contribution >= 0.6 is 0 Å². The highest BCUT2D eigenvalue weighted by Crippen LogP contribution is 2.54. The SMILES string of the molecule is CCC1([C]=O)CC1C(=O)N(C)OC. The van der Waals surface area contributed by atoms with Gasteiger partial charge in [0.15, 0.2) is 0 Å². The van der Waals surface area contributed by atoms with E-state index in [1.165, 1.54) is 12.2 Å². The average molecular weight is 184 g/mol. The van der Waals surface area contributed by atoms with Crippen molar-refractivity contribution in [1.29, 1.82) is 0 Å². The van der Waals surface area contributed by atoms with E-state index in [2.05, 4.69) is 0 Å². The molecule has 1 aliphatic carbocycles. The summed E-state index contributed by atoms with van der Waals surface area (Å²) in [5.41, 5.74) is -0.524. The summed E-state index contributed by atoms with van der Waals surface area (Å²) < 4.78 is 0. The van der Waals surface area contributed by atoms with Gasteiger partial charge in [-0.25, -0.2) is 5.06 Å². The van der Waals surface area contributed by atoms with Crippen LogP contribution in [0.15, 0.2) is 0 Å². The third-order valence-electron chi connectivity index (χ3n) is 2.79. The Morgan fingerprint density at radius 2 is 2.38 bits per heavy atom. The van der Waals surface area contributed by atoms with Crippen molar-refractivity contribution in [2.24, 2.45) is 11.3 Å². The molecule has 2 atom stereocenters. The molecule has 1 saturated carbocycles. The zero-order valence-corrected chi connectivity index (χ0v) is 8.16. The van der Waals surface area contributed by atoms with E-state index in [0.29, 0.717) is 12.8 Å². The maximum absolute atomic E-state index is 11.5. The lowest BCUT2D eigenvalue weighted by molar-refractivity contribution is -0.170. The largest absolute Gasteiger partial charge is 0.290 e. The minimum Gasteiger partial charge on any atom is -0.290 e. The van der Waals surface area contributed by atoms with Gasteiger partial charge in [-0.05, 0) is 12.8 Å². The summed E-state index contributed by atoms with van der Waals surface area (Å²) in [4.78, 5) is 26.9. The molecule has 0 saturated heterocycles. The molecule has 0 spiro atoms. The Morgan fingerprint density at radius 1 is 1.77 bits per heavy atom. The summed E-state index contributed by atoms with van der Waals surface area (Å²) in [6.45, 7) is 1.89. The second-order valence-corrected chi connectivity index (χ2v) is 3.39. The van der Waals surface area contributed by atoms with Gasteiger partial charge in [-0.15, -0.1) is 0 Å². The van der Waals surface area contributed by atoms with Gasteiger partial charge in [0.25, 0.3) is 0 Å². The monoisotopic (exact) mass is 184 g/mol. The van der Waals surface area contributed by atoms with Crippen molar-refractivity contribution in [3.05, 3.63) is 0 Å². The zero-order chi connectivity index (χ0) is 10.1. The fraction of sp³-hybridized carbons (Fsp3) is 0.778. The minimum atomic E-state index is -0.524. The van der Waals surface area contributed by atoms with Crippen LogP contribution in [0.2, 0.25) is 0 Å². The summed E-state index contributed by atoms with van der Waals surface area (Å²) in [6.07, 6.45) is 3.24. The molecule has 4 nitrogen and oxygen atoms in total. The molecule has 1 fully saturated rings. The molecule has 73 valence electrons. The van der Waals surface area contributed by atoms with E-state index in [-0.39, 0.29) is 11.8 Å². The van der Waals surface area contributed by atoms with Gasteiger partial charge >= 0.3 is 0 Å². The summed E-state index contributed by atoms with van der Waals surface area (Å²) in [5.74, 6) is -0.354. The lowest BCUT2D eigenvalue weighted by Gasteiger charge is -2.14. The fourth-order valence-corrected chi connectivity index (χ4v) is 1.51. The van der Waals surface area contributed by atoms with Crippen LogP contribution in [0.1, 0.15) is 19.8 Å². The maximum atomic E-state index is 11.5. The van der Waals surface area contributed by atoms with Gasteiger partial charge in [-0.2, -0.15) is 0 Å². The minimum absolute atomic E-state index is 0.132. The topological polar surface area (TPSA) is 46.6 Å². The van der Waals surface area contributed by atoms with Crippen LogP contribution in [-0.2, 0) is 14.4 Å². The number of rotatable bonds is 4. The summed E-state index contributed by atoms with van der Waals surface area (Å²) >= 11 is 0. The van der Waals surface area contributed by atoms with Gasteiger partial charge < -0.3 is 0 Å². The number of amides is 1. The van der Waals surface area contributed by atoms with E-state index >= 15 is 0 Å². The number of hydroxylamine groups is 2. The molecule has 2 unspecified atom stereocenters. The molecule has 0 aromatic heterocycles. The van der Waals surface area contributed by atoms with Crippen LogP contribution < -0.4 is 0 Å². The Balaban J connectivity index is 2.59. The Morgan fingerprint density at radius 3 is 2.69 bits per heavy atom. The molecule has 1 radical (unpaired) electrons. The van der Waals surface area contributed by atoms with Gasteiger partial charge in [0.05, 0.1) is 13.0 Å². The van der Waals surface area contributed by atoms with Crippen LogP contribution in [0, 0.1) is 11.3 Å². The molecule has 0 bridgehead atoms. The van der Waals surface area contributed by atoms with Crippen molar-refractivity contribution in [2.75, 3.05) is 14.2 Å². The van der Waals surface area contributed by atoms with Crippen LogP contribution in [0.3, 0.4) is 0 Å².